The summed E-state index contributed by atoms with van der Waals surface area (Å²) in [6.45, 7) is 0. The first kappa shape index (κ1) is 24.3. The van der Waals surface area contributed by atoms with Crippen LogP contribution in [0.3, 0.4) is 0 Å². The van der Waals surface area contributed by atoms with Crippen LogP contribution in [0, 0.1) is 22.7 Å². The van der Waals surface area contributed by atoms with Crippen LogP contribution < -0.4 is 0 Å². The summed E-state index contributed by atoms with van der Waals surface area (Å²) in [7, 11) is 0. The van der Waals surface area contributed by atoms with Crippen LogP contribution in [0.5, 0.6) is 0 Å². The summed E-state index contributed by atoms with van der Waals surface area (Å²) in [5.41, 5.74) is 6.49. The molecule has 0 aliphatic heterocycles. The molecule has 44 heavy (non-hydrogen) atoms. The van der Waals surface area contributed by atoms with Crippen molar-refractivity contribution < 1.29 is 0 Å². The zero-order valence-corrected chi connectivity index (χ0v) is 23.5. The predicted octanol–water partition coefficient (Wildman–Crippen LogP) is 9.93. The number of hydrogen-bond acceptors (Lipinski definition) is 2. The van der Waals surface area contributed by atoms with E-state index < -0.39 is 0 Å². The Kier molecular flexibility index (Phi) is 5.00. The minimum absolute atomic E-state index is 0.443. The maximum absolute atomic E-state index is 10.7. The first-order valence-corrected chi connectivity index (χ1v) is 14.6. The van der Waals surface area contributed by atoms with Crippen molar-refractivity contribution in [2.24, 2.45) is 0 Å². The van der Waals surface area contributed by atoms with Crippen molar-refractivity contribution in [2.75, 3.05) is 0 Å². The van der Waals surface area contributed by atoms with Gasteiger partial charge in [-0.1, -0.05) is 84.9 Å². The molecule has 0 aliphatic carbocycles. The molecule has 9 rings (SSSR count). The number of aromatic nitrogens is 2. The Morgan fingerprint density at radius 2 is 0.886 bits per heavy atom. The van der Waals surface area contributed by atoms with E-state index in [-0.39, 0.29) is 0 Å². The fraction of sp³-hybridized carbons (Fsp3) is 0. The molecule has 0 spiro atoms. The lowest BCUT2D eigenvalue weighted by Gasteiger charge is -2.19. The second-order valence-electron chi connectivity index (χ2n) is 11.3. The van der Waals surface area contributed by atoms with E-state index in [0.717, 1.165) is 71.1 Å². The maximum atomic E-state index is 10.7. The average molecular weight is 559 g/mol. The molecule has 0 saturated carbocycles. The molecule has 0 aliphatic rings. The number of hydrogen-bond donors (Lipinski definition) is 0. The summed E-state index contributed by atoms with van der Waals surface area (Å²) in [4.78, 5) is 0. The third-order valence-electron chi connectivity index (χ3n) is 8.88. The second kappa shape index (κ2) is 9.07. The lowest BCUT2D eigenvalue weighted by atomic mass is 10.0. The summed E-state index contributed by atoms with van der Waals surface area (Å²) >= 11 is 0. The molecule has 4 heteroatoms. The van der Waals surface area contributed by atoms with Gasteiger partial charge in [-0.2, -0.15) is 10.5 Å². The third-order valence-corrected chi connectivity index (χ3v) is 8.88. The molecule has 0 bridgehead atoms. The molecule has 9 aromatic rings. The van der Waals surface area contributed by atoms with E-state index in [4.69, 9.17) is 0 Å². The van der Waals surface area contributed by atoms with E-state index in [1.165, 1.54) is 5.39 Å². The van der Waals surface area contributed by atoms with Gasteiger partial charge < -0.3 is 9.13 Å². The van der Waals surface area contributed by atoms with Gasteiger partial charge in [0.25, 0.3) is 0 Å². The largest absolute Gasteiger partial charge is 0.307 e. The summed E-state index contributed by atoms with van der Waals surface area (Å²) in [5.74, 6) is 0. The SMILES string of the molecule is N#Cc1cc(C#N)c(-n2c3ccccc3c3cc4ccccc4cc32)c(-n2c3ccccc3c3cc4ccccc4cc32)c1. The van der Waals surface area contributed by atoms with Gasteiger partial charge in [-0.15, -0.1) is 0 Å². The normalized spacial score (nSPS) is 11.6. The molecule has 0 unspecified atom stereocenters. The Labute approximate surface area is 252 Å². The monoisotopic (exact) mass is 558 g/mol. The molecule has 0 saturated heterocycles. The van der Waals surface area contributed by atoms with E-state index in [9.17, 15) is 10.5 Å². The van der Waals surface area contributed by atoms with Crippen LogP contribution in [0.1, 0.15) is 11.1 Å². The molecule has 0 N–H and O–H groups in total. The highest BCUT2D eigenvalue weighted by Gasteiger charge is 2.23. The smallest absolute Gasteiger partial charge is 0.101 e. The van der Waals surface area contributed by atoms with Crippen molar-refractivity contribution in [1.82, 2.24) is 9.13 Å². The fourth-order valence-electron chi connectivity index (χ4n) is 6.99. The predicted molar refractivity (Wildman–Crippen MR) is 180 cm³/mol. The van der Waals surface area contributed by atoms with Gasteiger partial charge in [-0.25, -0.2) is 0 Å². The molecule has 7 aromatic carbocycles. The van der Waals surface area contributed by atoms with Crippen LogP contribution in [0.4, 0.5) is 0 Å². The average Bonchev–Trinajstić information content (AvgIpc) is 3.57. The van der Waals surface area contributed by atoms with Crippen LogP contribution in [0.2, 0.25) is 0 Å². The van der Waals surface area contributed by atoms with Crippen LogP contribution in [0.15, 0.2) is 133 Å². The molecule has 4 nitrogen and oxygen atoms in total. The molecule has 2 aromatic heterocycles. The van der Waals surface area contributed by atoms with Crippen molar-refractivity contribution in [1.29, 1.82) is 10.5 Å². The number of nitrogens with zero attached hydrogens (tertiary/aromatic N) is 4. The number of rotatable bonds is 2. The molecule has 0 radical (unpaired) electrons. The van der Waals surface area contributed by atoms with Gasteiger partial charge in [0, 0.05) is 21.5 Å². The van der Waals surface area contributed by atoms with E-state index in [2.05, 4.69) is 130 Å². The van der Waals surface area contributed by atoms with Gasteiger partial charge in [-0.05, 0) is 70.1 Å². The standard InChI is InChI=1S/C40H22N4/c41-23-25-17-30(24-42)40(44-36-16-8-6-14-32(36)34-20-27-10-2-4-12-29(27)22-38(34)44)39(18-25)43-35-15-7-5-13-31(35)33-19-26-9-1-3-11-28(26)21-37(33)43/h1-22H. The highest BCUT2D eigenvalue weighted by molar-refractivity contribution is 6.16. The Bertz CT molecular complexity index is 2740. The highest BCUT2D eigenvalue weighted by atomic mass is 15.1. The Morgan fingerprint density at radius 3 is 1.43 bits per heavy atom. The van der Waals surface area contributed by atoms with Crippen LogP contribution in [0.25, 0.3) is 76.5 Å². The number of benzene rings is 7. The first-order chi connectivity index (χ1) is 21.7. The molecule has 0 atom stereocenters. The quantitative estimate of drug-likeness (QED) is 0.212. The minimum atomic E-state index is 0.443. The zero-order chi connectivity index (χ0) is 29.4. The third kappa shape index (κ3) is 3.31. The van der Waals surface area contributed by atoms with E-state index in [0.29, 0.717) is 11.1 Å². The second-order valence-corrected chi connectivity index (χ2v) is 11.3. The van der Waals surface area contributed by atoms with Gasteiger partial charge >= 0.3 is 0 Å². The lowest BCUT2D eigenvalue weighted by Crippen LogP contribution is -2.07. The Morgan fingerprint density at radius 1 is 0.409 bits per heavy atom. The zero-order valence-electron chi connectivity index (χ0n) is 23.5. The molecule has 0 amide bonds. The van der Waals surface area contributed by atoms with Gasteiger partial charge in [0.2, 0.25) is 0 Å². The van der Waals surface area contributed by atoms with Crippen molar-refractivity contribution in [3.8, 4) is 23.5 Å². The van der Waals surface area contributed by atoms with Crippen LogP contribution >= 0.6 is 0 Å². The van der Waals surface area contributed by atoms with Crippen molar-refractivity contribution in [3.63, 3.8) is 0 Å². The van der Waals surface area contributed by atoms with Crippen molar-refractivity contribution in [2.45, 2.75) is 0 Å². The molecule has 0 fully saturated rings. The van der Waals surface area contributed by atoms with Gasteiger partial charge in [0.05, 0.1) is 50.6 Å². The van der Waals surface area contributed by atoms with Crippen LogP contribution in [-0.2, 0) is 0 Å². The van der Waals surface area contributed by atoms with E-state index >= 15 is 0 Å². The number of nitriles is 2. The van der Waals surface area contributed by atoms with E-state index in [1.54, 1.807) is 6.07 Å². The molecular weight excluding hydrogens is 536 g/mol. The lowest BCUT2D eigenvalue weighted by molar-refractivity contribution is 1.09. The number of fused-ring (bicyclic) bond motifs is 8. The topological polar surface area (TPSA) is 57.4 Å². The van der Waals surface area contributed by atoms with Gasteiger partial charge in [0.1, 0.15) is 6.07 Å². The Hall–Kier alpha value is -6.36. The fourth-order valence-corrected chi connectivity index (χ4v) is 6.99. The number of para-hydroxylation sites is 2. The van der Waals surface area contributed by atoms with Gasteiger partial charge in [0.15, 0.2) is 0 Å². The summed E-state index contributed by atoms with van der Waals surface area (Å²) in [6, 6.07) is 50.8. The molecule has 202 valence electrons. The van der Waals surface area contributed by atoms with E-state index in [1.807, 2.05) is 18.2 Å². The van der Waals surface area contributed by atoms with Crippen molar-refractivity contribution >= 4 is 65.2 Å². The highest BCUT2D eigenvalue weighted by Crippen LogP contribution is 2.41. The summed E-state index contributed by atoms with van der Waals surface area (Å²) < 4.78 is 4.45. The molecular formula is C40H22N4. The summed E-state index contributed by atoms with van der Waals surface area (Å²) in [6.07, 6.45) is 0. The minimum Gasteiger partial charge on any atom is -0.307 e. The van der Waals surface area contributed by atoms with Crippen molar-refractivity contribution in [3.05, 3.63) is 145 Å². The maximum Gasteiger partial charge on any atom is 0.101 e. The molecule has 2 heterocycles. The van der Waals surface area contributed by atoms with Crippen LogP contribution in [-0.4, -0.2) is 9.13 Å². The first-order valence-electron chi connectivity index (χ1n) is 14.6. The summed E-state index contributed by atoms with van der Waals surface area (Å²) in [5, 5.41) is 29.9. The van der Waals surface area contributed by atoms with Gasteiger partial charge in [-0.3, -0.25) is 0 Å². The Balaban J connectivity index is 1.51.